The monoisotopic (exact) mass is 1510 g/mol. The molecule has 0 fully saturated rings. The van der Waals surface area contributed by atoms with Crippen molar-refractivity contribution in [2.24, 2.45) is 30.3 Å². The number of halogens is 1. The summed E-state index contributed by atoms with van der Waals surface area (Å²) in [4.78, 5) is 70.5. The Labute approximate surface area is 647 Å². The first-order valence-corrected chi connectivity index (χ1v) is 31.3. The topological polar surface area (TPSA) is 511 Å². The van der Waals surface area contributed by atoms with Gasteiger partial charge in [-0.2, -0.15) is 71.5 Å². The zero-order valence-corrected chi connectivity index (χ0v) is 59.0. The summed E-state index contributed by atoms with van der Waals surface area (Å²) in [6, 6.07) is 40.7. The highest BCUT2D eigenvalue weighted by Crippen LogP contribution is 2.55. The summed E-state index contributed by atoms with van der Waals surface area (Å²) < 4.78 is 0. The molecule has 0 aromatic heterocycles. The van der Waals surface area contributed by atoms with E-state index in [-0.39, 0.29) is 33.7 Å². The van der Waals surface area contributed by atoms with Crippen molar-refractivity contribution < 1.29 is 19.7 Å². The van der Waals surface area contributed by atoms with Crippen molar-refractivity contribution in [3.05, 3.63) is 327 Å². The molecule has 0 bridgehead atoms. The Bertz CT molecular complexity index is 6370. The van der Waals surface area contributed by atoms with Gasteiger partial charge < -0.3 is 0 Å². The molecule has 0 spiro atoms. The number of nitro benzene ring substituents is 4. The standard InChI is InChI=1S/C20H8N4.C16H4N6O8.C16H6N4.C10H8N4.C9H5ClN4.C8H4N4/c1-24-20(12-23)16-5-4-14-6-17-8-15(19(10-21)11-22)3-2-13(17)7-18(14)9-16;1-18-11(6-17)14-9-2-7(19(23)24)4-12(21(27)28)15(9)16-10(14)3-8(20(25)26)5-13(16)22(29)30;1-20-16(10-19)14-5-4-11-6-13(15(8-17)9-18)3-2-12(11)7-14;1-7-5-10(14-12-3)8(2)4-9(7)13-6-11;1-6-3-9(13-5-11)7(10)4-8(6)14-12-2;1-10-12-8-4-2-7(3-5-8)11-6-9/h2-9H;2-5H;2-7H;4-5H,1-2H3;3-4H,1H3;2-5H/b20-16+;;16-14+;13-9?,14-10+;13-9?,14-8+;. The molecule has 0 saturated heterocycles. The molecular weight excluding hydrogens is 1480 g/mol. The predicted octanol–water partition coefficient (Wildman–Crippen LogP) is 13.5. The summed E-state index contributed by atoms with van der Waals surface area (Å²) >= 11 is 5.81. The van der Waals surface area contributed by atoms with Gasteiger partial charge in [0.1, 0.15) is 46.8 Å². The van der Waals surface area contributed by atoms with Gasteiger partial charge in [-0.3, -0.25) is 40.5 Å². The third kappa shape index (κ3) is 20.2. The minimum atomic E-state index is -1.01. The van der Waals surface area contributed by atoms with E-state index in [0.717, 1.165) is 61.2 Å². The maximum absolute atomic E-state index is 11.6. The molecule has 536 valence electrons. The normalized spacial score (nSPS) is 13.7. The molecular formula is C79H35ClN26O8. The van der Waals surface area contributed by atoms with Crippen LogP contribution in [0.4, 0.5) is 22.7 Å². The fraction of sp³-hybridized carbons (Fsp3) is 0.0380. The van der Waals surface area contributed by atoms with Gasteiger partial charge in [0, 0.05) is 28.1 Å². The molecule has 11 rings (SSSR count). The number of hydrogen-bond donors (Lipinski definition) is 0. The van der Waals surface area contributed by atoms with Gasteiger partial charge in [0.05, 0.1) is 118 Å². The third-order valence-electron chi connectivity index (χ3n) is 15.5. The van der Waals surface area contributed by atoms with Gasteiger partial charge in [-0.1, -0.05) is 72.3 Å². The van der Waals surface area contributed by atoms with E-state index in [2.05, 4.69) is 59.7 Å². The lowest BCUT2D eigenvalue weighted by atomic mass is 9.98. The number of fused-ring (bicyclic) bond motifs is 6. The second-order valence-electron chi connectivity index (χ2n) is 22.1. The summed E-state index contributed by atoms with van der Waals surface area (Å²) in [6.07, 6.45) is 18.2. The van der Waals surface area contributed by atoms with Crippen LogP contribution in [0.5, 0.6) is 0 Å². The molecule has 34 nitrogen and oxygen atoms in total. The Balaban J connectivity index is 0.000000219. The van der Waals surface area contributed by atoms with E-state index in [0.29, 0.717) is 72.3 Å². The van der Waals surface area contributed by atoms with Gasteiger partial charge in [-0.25, -0.2) is 30.3 Å². The minimum absolute atomic E-state index is 0.0391. The molecule has 4 aliphatic rings. The van der Waals surface area contributed by atoms with E-state index in [1.54, 1.807) is 117 Å². The number of aliphatic imine (C=N–C) groups is 3. The molecule has 114 heavy (non-hydrogen) atoms. The summed E-state index contributed by atoms with van der Waals surface area (Å²) in [5.41, 5.74) is 0.0800. The second kappa shape index (κ2) is 39.6. The first kappa shape index (κ1) is 83.7. The fourth-order valence-electron chi connectivity index (χ4n) is 10.4. The molecule has 35 heteroatoms. The van der Waals surface area contributed by atoms with Crippen LogP contribution in [-0.4, -0.2) is 54.0 Å². The number of non-ortho nitro benzene ring substituents is 2. The van der Waals surface area contributed by atoms with Gasteiger partial charge >= 0.3 is 0 Å². The van der Waals surface area contributed by atoms with Crippen molar-refractivity contribution in [1.82, 2.24) is 0 Å². The summed E-state index contributed by atoms with van der Waals surface area (Å²) in [5.74, 6) is 0. The maximum atomic E-state index is 11.6. The van der Waals surface area contributed by atoms with Crippen molar-refractivity contribution in [2.45, 2.75) is 20.8 Å². The average Bonchev–Trinajstić information content (AvgIpc) is 1.56. The number of benzene rings is 7. The van der Waals surface area contributed by atoms with Crippen LogP contribution in [0.15, 0.2) is 216 Å². The van der Waals surface area contributed by atoms with Gasteiger partial charge in [-0.05, 0) is 164 Å². The van der Waals surface area contributed by atoms with E-state index in [1.807, 2.05) is 86.7 Å². The second-order valence-corrected chi connectivity index (χ2v) is 22.5. The lowest BCUT2D eigenvalue weighted by Gasteiger charge is -2.07. The Kier molecular flexibility index (Phi) is 29.0. The van der Waals surface area contributed by atoms with E-state index >= 15 is 0 Å². The van der Waals surface area contributed by atoms with E-state index in [1.165, 1.54) is 12.1 Å². The van der Waals surface area contributed by atoms with Crippen LogP contribution in [-0.2, 0) is 0 Å². The first-order valence-electron chi connectivity index (χ1n) is 31.0. The average molecular weight is 1510 g/mol. The molecule has 7 aromatic rings. The molecule has 0 heterocycles. The highest BCUT2D eigenvalue weighted by Gasteiger charge is 2.41. The number of nitriles is 10. The van der Waals surface area contributed by atoms with Crippen LogP contribution < -0.4 is 20.9 Å². The van der Waals surface area contributed by atoms with Gasteiger partial charge in [-0.15, -0.1) is 14.9 Å². The molecule has 4 aliphatic carbocycles. The minimum Gasteiger partial charge on any atom is -0.258 e. The highest BCUT2D eigenvalue weighted by atomic mass is 35.5. The molecule has 0 radical (unpaired) electrons. The van der Waals surface area contributed by atoms with Crippen LogP contribution in [0, 0.1) is 194 Å². The maximum Gasteiger partial charge on any atom is 0.284 e. The van der Waals surface area contributed by atoms with Crippen LogP contribution in [0.25, 0.3) is 101 Å². The van der Waals surface area contributed by atoms with Gasteiger partial charge in [0.25, 0.3) is 39.8 Å². The quantitative estimate of drug-likeness (QED) is 0.0300. The molecule has 0 unspecified atom stereocenters. The van der Waals surface area contributed by atoms with Crippen molar-refractivity contribution in [3.63, 3.8) is 0 Å². The van der Waals surface area contributed by atoms with Gasteiger partial charge in [0.2, 0.25) is 18.6 Å². The largest absolute Gasteiger partial charge is 0.284 e. The zero-order valence-electron chi connectivity index (χ0n) is 58.3. The third-order valence-corrected chi connectivity index (χ3v) is 15.8. The lowest BCUT2D eigenvalue weighted by Crippen LogP contribution is -2.09. The molecule has 0 saturated carbocycles. The Morgan fingerprint density at radius 1 is 0.377 bits per heavy atom. The highest BCUT2D eigenvalue weighted by molar-refractivity contribution is 6.49. The SMILES string of the molecule is [C-]#[N+]/C(C#N)=c1\ccc2cc(=C(C#N)C#N)ccc2c1.[C-]#[N+]/C(C#N)=c1\ccc2cc3cc(=C(C#N)C#N)ccc3cc2c1.[C-]#[N+]/N=C1\C=C(C)C(=NC#N)C=C1C.[C-]#[N+]/N=C1\C=C(Cl)C(=NC#N)C=C1C.[C-]#[N+]C(C#N)=C1c2cc([N+](=O)[O-])cc([N+](=O)[O-])c2-c2c1cc([N+](=O)[O-])cc2[N+](=O)[O-].[C-]#[N+]N=C1C=CC(=NC#N)C=C1. The Morgan fingerprint density at radius 2 is 0.719 bits per heavy atom. The molecule has 7 aromatic carbocycles. The van der Waals surface area contributed by atoms with E-state index in [4.69, 9.17) is 98.4 Å². The van der Waals surface area contributed by atoms with Crippen LogP contribution in [0.1, 0.15) is 31.9 Å². The number of rotatable bonds is 4. The summed E-state index contributed by atoms with van der Waals surface area (Å²) in [5, 5.41) is 152. The van der Waals surface area contributed by atoms with E-state index in [9.17, 15) is 45.7 Å². The Morgan fingerprint density at radius 3 is 1.10 bits per heavy atom. The zero-order chi connectivity index (χ0) is 83.9. The number of allylic oxidation sites excluding steroid dienone is 13. The predicted molar refractivity (Wildman–Crippen MR) is 416 cm³/mol. The first-order chi connectivity index (χ1) is 54.8. The van der Waals surface area contributed by atoms with Crippen LogP contribution in [0.2, 0.25) is 0 Å². The van der Waals surface area contributed by atoms with Crippen molar-refractivity contribution >= 4 is 129 Å². The molecule has 0 aliphatic heterocycles. The van der Waals surface area contributed by atoms with Crippen molar-refractivity contribution in [1.29, 1.82) is 52.6 Å². The molecule has 0 N–H and O–H groups in total. The number of nitro groups is 4. The van der Waals surface area contributed by atoms with Crippen molar-refractivity contribution in [3.8, 4) is 72.2 Å². The summed E-state index contributed by atoms with van der Waals surface area (Å²) in [7, 11) is 0. The lowest BCUT2D eigenvalue weighted by molar-refractivity contribution is -0.395. The molecule has 0 atom stereocenters. The fourth-order valence-corrected chi connectivity index (χ4v) is 10.6. The smallest absolute Gasteiger partial charge is 0.258 e. The van der Waals surface area contributed by atoms with Crippen LogP contribution >= 0.6 is 11.6 Å². The Hall–Kier alpha value is -19.3. The van der Waals surface area contributed by atoms with Gasteiger partial charge in [0.15, 0.2) is 5.71 Å². The number of nitrogens with zero attached hydrogens (tertiary/aromatic N) is 26. The summed E-state index contributed by atoms with van der Waals surface area (Å²) in [6.45, 7) is 46.3. The molecule has 0 amide bonds. The van der Waals surface area contributed by atoms with Crippen LogP contribution in [0.3, 0.4) is 0 Å². The van der Waals surface area contributed by atoms with Crippen molar-refractivity contribution in [2.75, 3.05) is 0 Å². The van der Waals surface area contributed by atoms with E-state index < -0.39 is 64.8 Å². The number of hydrogen-bond acceptors (Lipinski definition) is 24.